The number of hydrogen-bond donors (Lipinski definition) is 2. The number of carbonyl (C=O) groups excluding carboxylic acids is 1. The molecule has 1 unspecified atom stereocenters. The zero-order chi connectivity index (χ0) is 31.4. The van der Waals surface area contributed by atoms with Gasteiger partial charge in [-0.2, -0.15) is 0 Å². The van der Waals surface area contributed by atoms with Crippen molar-refractivity contribution in [3.8, 4) is 22.6 Å². The van der Waals surface area contributed by atoms with Crippen molar-refractivity contribution in [1.29, 1.82) is 0 Å². The molecule has 1 aliphatic carbocycles. The first-order valence-corrected chi connectivity index (χ1v) is 14.8. The first-order chi connectivity index (χ1) is 21.0. The summed E-state index contributed by atoms with van der Waals surface area (Å²) in [6.07, 6.45) is -0.709. The fourth-order valence-electron chi connectivity index (χ4n) is 5.81. The molecule has 4 aromatic rings. The summed E-state index contributed by atoms with van der Waals surface area (Å²) >= 11 is 0. The number of carboxylic acids is 1. The number of aliphatic carboxylic acids is 1. The molecule has 0 spiro atoms. The van der Waals surface area contributed by atoms with Gasteiger partial charge in [0.25, 0.3) is 0 Å². The first-order valence-electron chi connectivity index (χ1n) is 14.8. The highest BCUT2D eigenvalue weighted by atomic mass is 16.5. The van der Waals surface area contributed by atoms with Crippen molar-refractivity contribution in [2.45, 2.75) is 58.1 Å². The first kappa shape index (κ1) is 30.7. The monoisotopic (exact) mass is 593 g/mol. The molecular weight excluding hydrogens is 554 g/mol. The second kappa shape index (κ2) is 12.8. The highest BCUT2D eigenvalue weighted by Gasteiger charge is 2.30. The van der Waals surface area contributed by atoms with Crippen molar-refractivity contribution in [3.63, 3.8) is 0 Å². The standard InChI is InChI=1S/C37H39NO6/c1-23-14-16-31(37(2,3)4)34(18-23)43-21-25-19-24(15-17-33(25)42-5)20-32(35(39)40)38-36(41)44-22-30-28-12-8-6-10-26(28)27-11-7-9-13-29(27)30/h6-19,30,32H,20-22H2,1-5H3,(H,38,41)(H,39,40). The third-order valence-electron chi connectivity index (χ3n) is 8.05. The van der Waals surface area contributed by atoms with Crippen LogP contribution in [0.15, 0.2) is 84.9 Å². The second-order valence-corrected chi connectivity index (χ2v) is 12.2. The van der Waals surface area contributed by atoms with Crippen molar-refractivity contribution >= 4 is 12.1 Å². The predicted octanol–water partition coefficient (Wildman–Crippen LogP) is 7.41. The summed E-state index contributed by atoms with van der Waals surface area (Å²) in [5.74, 6) is 0.162. The van der Waals surface area contributed by atoms with Gasteiger partial charge in [0.2, 0.25) is 0 Å². The Bertz CT molecular complexity index is 1630. The average Bonchev–Trinajstić information content (AvgIpc) is 3.31. The maximum Gasteiger partial charge on any atom is 0.407 e. The molecule has 5 rings (SSSR count). The molecule has 0 aromatic heterocycles. The number of nitrogens with one attached hydrogen (secondary N) is 1. The number of fused-ring (bicyclic) bond motifs is 3. The summed E-state index contributed by atoms with van der Waals surface area (Å²) in [4.78, 5) is 25.0. The number of hydrogen-bond acceptors (Lipinski definition) is 5. The SMILES string of the molecule is COc1ccc(CC(NC(=O)OCC2c3ccccc3-c3ccccc32)C(=O)O)cc1COc1cc(C)ccc1C(C)(C)C. The van der Waals surface area contributed by atoms with Crippen LogP contribution in [0.25, 0.3) is 11.1 Å². The maximum atomic E-state index is 12.9. The van der Waals surface area contributed by atoms with Crippen LogP contribution >= 0.6 is 0 Å². The molecule has 0 saturated heterocycles. The van der Waals surface area contributed by atoms with Crippen molar-refractivity contribution in [2.24, 2.45) is 0 Å². The van der Waals surface area contributed by atoms with Crippen molar-refractivity contribution in [2.75, 3.05) is 13.7 Å². The van der Waals surface area contributed by atoms with E-state index in [2.05, 4.69) is 50.4 Å². The van der Waals surface area contributed by atoms with Crippen molar-refractivity contribution in [1.82, 2.24) is 5.32 Å². The Morgan fingerprint density at radius 3 is 2.16 bits per heavy atom. The lowest BCUT2D eigenvalue weighted by atomic mass is 9.86. The Labute approximate surface area is 258 Å². The molecule has 7 heteroatoms. The predicted molar refractivity (Wildman–Crippen MR) is 171 cm³/mol. The van der Waals surface area contributed by atoms with Crippen molar-refractivity contribution < 1.29 is 28.9 Å². The molecule has 0 heterocycles. The zero-order valence-electron chi connectivity index (χ0n) is 25.8. The minimum Gasteiger partial charge on any atom is -0.496 e. The van der Waals surface area contributed by atoms with Crippen LogP contribution in [0, 0.1) is 6.92 Å². The number of benzene rings is 4. The molecule has 1 aliphatic rings. The Balaban J connectivity index is 1.26. The topological polar surface area (TPSA) is 94.1 Å². The third-order valence-corrected chi connectivity index (χ3v) is 8.05. The fourth-order valence-corrected chi connectivity index (χ4v) is 5.81. The molecule has 1 amide bonds. The lowest BCUT2D eigenvalue weighted by Gasteiger charge is -2.23. The zero-order valence-corrected chi connectivity index (χ0v) is 25.8. The van der Waals surface area contributed by atoms with E-state index in [9.17, 15) is 14.7 Å². The largest absolute Gasteiger partial charge is 0.496 e. The molecule has 0 bridgehead atoms. The summed E-state index contributed by atoms with van der Waals surface area (Å²) in [6.45, 7) is 8.78. The van der Waals surface area contributed by atoms with Gasteiger partial charge in [-0.05, 0) is 69.5 Å². The van der Waals surface area contributed by atoms with Crippen LogP contribution in [0.3, 0.4) is 0 Å². The van der Waals surface area contributed by atoms with Gasteiger partial charge < -0.3 is 24.6 Å². The van der Waals surface area contributed by atoms with Gasteiger partial charge in [-0.15, -0.1) is 0 Å². The highest BCUT2D eigenvalue weighted by Crippen LogP contribution is 2.44. The number of rotatable bonds is 10. The molecule has 1 atom stereocenters. The molecule has 44 heavy (non-hydrogen) atoms. The van der Waals surface area contributed by atoms with E-state index < -0.39 is 18.1 Å². The molecular formula is C37H39NO6. The Morgan fingerprint density at radius 2 is 1.55 bits per heavy atom. The number of aryl methyl sites for hydroxylation is 1. The van der Waals surface area contributed by atoms with Gasteiger partial charge >= 0.3 is 12.1 Å². The van der Waals surface area contributed by atoms with Gasteiger partial charge in [0.1, 0.15) is 30.8 Å². The molecule has 7 nitrogen and oxygen atoms in total. The van der Waals surface area contributed by atoms with Crippen LogP contribution in [0.5, 0.6) is 11.5 Å². The molecule has 2 N–H and O–H groups in total. The van der Waals surface area contributed by atoms with Crippen LogP contribution < -0.4 is 14.8 Å². The third kappa shape index (κ3) is 6.72. The van der Waals surface area contributed by atoms with E-state index in [4.69, 9.17) is 14.2 Å². The number of amides is 1. The lowest BCUT2D eigenvalue weighted by molar-refractivity contribution is -0.139. The van der Waals surface area contributed by atoms with Crippen LogP contribution in [-0.2, 0) is 28.0 Å². The maximum absolute atomic E-state index is 12.9. The number of alkyl carbamates (subject to hydrolysis) is 1. The van der Waals surface area contributed by atoms with E-state index in [1.165, 1.54) is 0 Å². The van der Waals surface area contributed by atoms with E-state index in [0.29, 0.717) is 5.75 Å². The summed E-state index contributed by atoms with van der Waals surface area (Å²) < 4.78 is 17.5. The summed E-state index contributed by atoms with van der Waals surface area (Å²) in [6, 6.07) is 26.6. The van der Waals surface area contributed by atoms with Crippen LogP contribution in [0.1, 0.15) is 60.1 Å². The Kier molecular flexibility index (Phi) is 8.95. The van der Waals surface area contributed by atoms with Crippen LogP contribution in [-0.4, -0.2) is 36.9 Å². The molecule has 0 aliphatic heterocycles. The van der Waals surface area contributed by atoms with Gasteiger partial charge in [-0.25, -0.2) is 9.59 Å². The van der Waals surface area contributed by atoms with E-state index in [0.717, 1.165) is 50.3 Å². The number of carboxylic acid groups (broad SMARTS) is 1. The van der Waals surface area contributed by atoms with Crippen LogP contribution in [0.4, 0.5) is 4.79 Å². The lowest BCUT2D eigenvalue weighted by Crippen LogP contribution is -2.42. The molecule has 0 saturated carbocycles. The molecule has 0 radical (unpaired) electrons. The van der Waals surface area contributed by atoms with E-state index >= 15 is 0 Å². The number of methoxy groups -OCH3 is 1. The number of ether oxygens (including phenoxy) is 3. The fraction of sp³-hybridized carbons (Fsp3) is 0.297. The van der Waals surface area contributed by atoms with Gasteiger partial charge in [0.05, 0.1) is 7.11 Å². The normalized spacial score (nSPS) is 13.0. The summed E-state index contributed by atoms with van der Waals surface area (Å²) in [7, 11) is 1.59. The summed E-state index contributed by atoms with van der Waals surface area (Å²) in [5, 5.41) is 12.5. The highest BCUT2D eigenvalue weighted by molar-refractivity contribution is 5.81. The minimum absolute atomic E-state index is 0.0637. The Hall–Kier alpha value is -4.78. The van der Waals surface area contributed by atoms with E-state index in [1.807, 2.05) is 55.5 Å². The quantitative estimate of drug-likeness (QED) is 0.199. The van der Waals surface area contributed by atoms with E-state index in [-0.39, 0.29) is 31.0 Å². The summed E-state index contributed by atoms with van der Waals surface area (Å²) in [5.41, 5.74) is 8.00. The Morgan fingerprint density at radius 1 is 0.886 bits per heavy atom. The molecule has 4 aromatic carbocycles. The average molecular weight is 594 g/mol. The molecule has 0 fully saturated rings. The molecule has 228 valence electrons. The van der Waals surface area contributed by atoms with Crippen LogP contribution in [0.2, 0.25) is 0 Å². The van der Waals surface area contributed by atoms with Crippen molar-refractivity contribution in [3.05, 3.63) is 118 Å². The second-order valence-electron chi connectivity index (χ2n) is 12.2. The van der Waals surface area contributed by atoms with Gasteiger partial charge in [0, 0.05) is 17.9 Å². The number of carbonyl (C=O) groups is 2. The van der Waals surface area contributed by atoms with E-state index in [1.54, 1.807) is 19.2 Å². The van der Waals surface area contributed by atoms with Gasteiger partial charge in [-0.3, -0.25) is 0 Å². The smallest absolute Gasteiger partial charge is 0.407 e. The van der Waals surface area contributed by atoms with Gasteiger partial charge in [-0.1, -0.05) is 87.5 Å². The van der Waals surface area contributed by atoms with Gasteiger partial charge in [0.15, 0.2) is 0 Å². The minimum atomic E-state index is -1.18.